The molecule has 0 aromatic rings. The van der Waals surface area contributed by atoms with Crippen LogP contribution in [0.25, 0.3) is 0 Å². The number of nitrogens with one attached hydrogen (secondary N) is 1. The van der Waals surface area contributed by atoms with Gasteiger partial charge in [-0.05, 0) is 32.7 Å². The molecule has 0 bridgehead atoms. The zero-order valence-electron chi connectivity index (χ0n) is 10.3. The van der Waals surface area contributed by atoms with Gasteiger partial charge in [0.15, 0.2) is 0 Å². The van der Waals surface area contributed by atoms with E-state index in [1.807, 2.05) is 6.92 Å². The predicted octanol–water partition coefficient (Wildman–Crippen LogP) is 1.63. The molecule has 0 aliphatic carbocycles. The van der Waals surface area contributed by atoms with Gasteiger partial charge in [-0.15, -0.1) is 0 Å². The summed E-state index contributed by atoms with van der Waals surface area (Å²) in [6.07, 6.45) is 3.29. The Morgan fingerprint density at radius 1 is 1.53 bits per heavy atom. The van der Waals surface area contributed by atoms with Gasteiger partial charge in [-0.1, -0.05) is 13.8 Å². The van der Waals surface area contributed by atoms with Gasteiger partial charge in [0.2, 0.25) is 5.91 Å². The van der Waals surface area contributed by atoms with Gasteiger partial charge in [-0.3, -0.25) is 4.79 Å². The van der Waals surface area contributed by atoms with Crippen LogP contribution in [0.15, 0.2) is 0 Å². The first-order valence-electron chi connectivity index (χ1n) is 6.21. The molecule has 1 saturated heterocycles. The summed E-state index contributed by atoms with van der Waals surface area (Å²) in [4.78, 5) is 14.2. The Morgan fingerprint density at radius 3 is 2.73 bits per heavy atom. The smallest absolute Gasteiger partial charge is 0.225 e. The van der Waals surface area contributed by atoms with E-state index in [9.17, 15) is 4.79 Å². The SMILES string of the molecule is CCC(C)C(=O)N(CC)C1CCCNC1. The van der Waals surface area contributed by atoms with Crippen molar-refractivity contribution in [3.05, 3.63) is 0 Å². The summed E-state index contributed by atoms with van der Waals surface area (Å²) >= 11 is 0. The van der Waals surface area contributed by atoms with Crippen molar-refractivity contribution in [1.29, 1.82) is 0 Å². The molecule has 0 saturated carbocycles. The molecular formula is C12H24N2O. The summed E-state index contributed by atoms with van der Waals surface area (Å²) in [6, 6.07) is 0.422. The molecule has 1 aliphatic rings. The molecular weight excluding hydrogens is 188 g/mol. The molecule has 1 fully saturated rings. The molecule has 0 aromatic heterocycles. The minimum absolute atomic E-state index is 0.173. The van der Waals surface area contributed by atoms with Crippen LogP contribution in [0.2, 0.25) is 0 Å². The van der Waals surface area contributed by atoms with Crippen molar-refractivity contribution in [2.45, 2.75) is 46.1 Å². The summed E-state index contributed by atoms with van der Waals surface area (Å²) < 4.78 is 0. The molecule has 0 spiro atoms. The predicted molar refractivity (Wildman–Crippen MR) is 62.7 cm³/mol. The van der Waals surface area contributed by atoms with Crippen LogP contribution in [-0.4, -0.2) is 36.5 Å². The lowest BCUT2D eigenvalue weighted by Gasteiger charge is -2.35. The van der Waals surface area contributed by atoms with Crippen LogP contribution in [0.5, 0.6) is 0 Å². The van der Waals surface area contributed by atoms with Crippen molar-refractivity contribution in [3.8, 4) is 0 Å². The Hall–Kier alpha value is -0.570. The van der Waals surface area contributed by atoms with E-state index in [0.717, 1.165) is 32.5 Å². The molecule has 0 aromatic carbocycles. The van der Waals surface area contributed by atoms with Gasteiger partial charge in [-0.2, -0.15) is 0 Å². The van der Waals surface area contributed by atoms with E-state index >= 15 is 0 Å². The number of nitrogens with zero attached hydrogens (tertiary/aromatic N) is 1. The molecule has 88 valence electrons. The minimum atomic E-state index is 0.173. The highest BCUT2D eigenvalue weighted by molar-refractivity contribution is 5.78. The third-order valence-electron chi connectivity index (χ3n) is 3.37. The Balaban J connectivity index is 2.56. The van der Waals surface area contributed by atoms with Crippen LogP contribution >= 0.6 is 0 Å². The lowest BCUT2D eigenvalue weighted by molar-refractivity contribution is -0.137. The standard InChI is InChI=1S/C12H24N2O/c1-4-10(3)12(15)14(5-2)11-7-6-8-13-9-11/h10-11,13H,4-9H2,1-3H3. The number of hydrogen-bond donors (Lipinski definition) is 1. The maximum atomic E-state index is 12.1. The molecule has 0 radical (unpaired) electrons. The Morgan fingerprint density at radius 2 is 2.27 bits per heavy atom. The molecule has 15 heavy (non-hydrogen) atoms. The highest BCUT2D eigenvalue weighted by atomic mass is 16.2. The van der Waals surface area contributed by atoms with Gasteiger partial charge in [0.1, 0.15) is 0 Å². The molecule has 2 atom stereocenters. The maximum Gasteiger partial charge on any atom is 0.225 e. The molecule has 3 heteroatoms. The average molecular weight is 212 g/mol. The van der Waals surface area contributed by atoms with Crippen molar-refractivity contribution >= 4 is 5.91 Å². The van der Waals surface area contributed by atoms with Crippen molar-refractivity contribution in [3.63, 3.8) is 0 Å². The van der Waals surface area contributed by atoms with E-state index in [4.69, 9.17) is 0 Å². The second-order valence-electron chi connectivity index (χ2n) is 4.43. The molecule has 1 aliphatic heterocycles. The number of carbonyl (C=O) groups is 1. The van der Waals surface area contributed by atoms with Crippen LogP contribution in [-0.2, 0) is 4.79 Å². The number of rotatable bonds is 4. The third kappa shape index (κ3) is 3.20. The Kier molecular flexibility index (Phi) is 5.09. The van der Waals surface area contributed by atoms with Gasteiger partial charge in [-0.25, -0.2) is 0 Å². The van der Waals surface area contributed by atoms with Crippen LogP contribution in [0.1, 0.15) is 40.0 Å². The average Bonchev–Trinajstić information content (AvgIpc) is 2.30. The van der Waals surface area contributed by atoms with Crippen molar-refractivity contribution in [2.24, 2.45) is 5.92 Å². The lowest BCUT2D eigenvalue weighted by atomic mass is 10.0. The summed E-state index contributed by atoms with van der Waals surface area (Å²) in [5.74, 6) is 0.501. The first-order valence-corrected chi connectivity index (χ1v) is 6.21. The summed E-state index contributed by atoms with van der Waals surface area (Å²) in [7, 11) is 0. The van der Waals surface area contributed by atoms with Crippen molar-refractivity contribution in [2.75, 3.05) is 19.6 Å². The summed E-state index contributed by atoms with van der Waals surface area (Å²) in [5, 5.41) is 3.37. The first-order chi connectivity index (χ1) is 7.20. The molecule has 2 unspecified atom stereocenters. The summed E-state index contributed by atoms with van der Waals surface area (Å²) in [6.45, 7) is 9.10. The second-order valence-corrected chi connectivity index (χ2v) is 4.43. The topological polar surface area (TPSA) is 32.3 Å². The Bertz CT molecular complexity index is 200. The zero-order valence-corrected chi connectivity index (χ0v) is 10.3. The zero-order chi connectivity index (χ0) is 11.3. The van der Waals surface area contributed by atoms with E-state index < -0.39 is 0 Å². The number of carbonyl (C=O) groups excluding carboxylic acids is 1. The van der Waals surface area contributed by atoms with Crippen LogP contribution < -0.4 is 5.32 Å². The van der Waals surface area contributed by atoms with Gasteiger partial charge in [0, 0.05) is 25.0 Å². The van der Waals surface area contributed by atoms with Crippen LogP contribution in [0.4, 0.5) is 0 Å². The first kappa shape index (κ1) is 12.5. The summed E-state index contributed by atoms with van der Waals surface area (Å²) in [5.41, 5.74) is 0. The Labute approximate surface area is 93.2 Å². The van der Waals surface area contributed by atoms with E-state index in [2.05, 4.69) is 24.1 Å². The highest BCUT2D eigenvalue weighted by Gasteiger charge is 2.26. The monoisotopic (exact) mass is 212 g/mol. The fourth-order valence-electron chi connectivity index (χ4n) is 2.15. The van der Waals surface area contributed by atoms with E-state index in [-0.39, 0.29) is 5.92 Å². The van der Waals surface area contributed by atoms with Gasteiger partial charge >= 0.3 is 0 Å². The van der Waals surface area contributed by atoms with E-state index in [0.29, 0.717) is 11.9 Å². The number of likely N-dealkylation sites (N-methyl/N-ethyl adjacent to an activating group) is 1. The highest BCUT2D eigenvalue weighted by Crippen LogP contribution is 2.15. The number of amides is 1. The lowest BCUT2D eigenvalue weighted by Crippen LogP contribution is -2.50. The van der Waals surface area contributed by atoms with Crippen molar-refractivity contribution in [1.82, 2.24) is 10.2 Å². The molecule has 1 heterocycles. The third-order valence-corrected chi connectivity index (χ3v) is 3.37. The molecule has 1 rings (SSSR count). The largest absolute Gasteiger partial charge is 0.338 e. The fraction of sp³-hybridized carbons (Fsp3) is 0.917. The quantitative estimate of drug-likeness (QED) is 0.768. The molecule has 1 N–H and O–H groups in total. The van der Waals surface area contributed by atoms with Crippen LogP contribution in [0.3, 0.4) is 0 Å². The second kappa shape index (κ2) is 6.11. The number of piperidine rings is 1. The van der Waals surface area contributed by atoms with E-state index in [1.54, 1.807) is 0 Å². The van der Waals surface area contributed by atoms with Gasteiger partial charge in [0.05, 0.1) is 0 Å². The fourth-order valence-corrected chi connectivity index (χ4v) is 2.15. The van der Waals surface area contributed by atoms with Gasteiger partial charge < -0.3 is 10.2 Å². The van der Waals surface area contributed by atoms with Gasteiger partial charge in [0.25, 0.3) is 0 Å². The number of hydrogen-bond acceptors (Lipinski definition) is 2. The maximum absolute atomic E-state index is 12.1. The van der Waals surface area contributed by atoms with Crippen molar-refractivity contribution < 1.29 is 4.79 Å². The normalized spacial score (nSPS) is 23.5. The molecule has 3 nitrogen and oxygen atoms in total. The minimum Gasteiger partial charge on any atom is -0.338 e. The molecule has 1 amide bonds. The van der Waals surface area contributed by atoms with E-state index in [1.165, 1.54) is 6.42 Å². The van der Waals surface area contributed by atoms with Crippen LogP contribution in [0, 0.1) is 5.92 Å².